The van der Waals surface area contributed by atoms with E-state index in [4.69, 9.17) is 4.74 Å². The van der Waals surface area contributed by atoms with Gasteiger partial charge in [-0.25, -0.2) is 9.37 Å². The van der Waals surface area contributed by atoms with Crippen molar-refractivity contribution in [3.05, 3.63) is 63.7 Å². The topological polar surface area (TPSA) is 108 Å². The molecule has 4 rings (SSSR count). The second-order valence-electron chi connectivity index (χ2n) is 6.52. The average molecular weight is 393 g/mol. The first-order valence-corrected chi connectivity index (χ1v) is 8.94. The van der Waals surface area contributed by atoms with E-state index < -0.39 is 10.7 Å². The van der Waals surface area contributed by atoms with Gasteiger partial charge in [-0.05, 0) is 30.3 Å². The van der Waals surface area contributed by atoms with Gasteiger partial charge in [0.25, 0.3) is 5.69 Å². The molecular formula is C20H16FN5O3. The highest BCUT2D eigenvalue weighted by atomic mass is 19.1. The summed E-state index contributed by atoms with van der Waals surface area (Å²) < 4.78 is 18.8. The number of aromatic amines is 1. The molecule has 0 bridgehead atoms. The summed E-state index contributed by atoms with van der Waals surface area (Å²) in [6.07, 6.45) is 1.56. The predicted octanol–water partition coefficient (Wildman–Crippen LogP) is 3.51. The highest BCUT2D eigenvalue weighted by Gasteiger charge is 2.18. The van der Waals surface area contributed by atoms with E-state index in [1.165, 1.54) is 30.3 Å². The number of nitrogens with one attached hydrogen (secondary N) is 1. The molecule has 146 valence electrons. The number of benzene rings is 2. The van der Waals surface area contributed by atoms with Gasteiger partial charge in [-0.3, -0.25) is 10.1 Å². The first kappa shape index (κ1) is 18.6. The number of nitro groups is 1. The van der Waals surface area contributed by atoms with Crippen LogP contribution in [-0.2, 0) is 4.74 Å². The normalized spacial score (nSPS) is 14.8. The number of hydrogen-bond donors (Lipinski definition) is 1. The fourth-order valence-corrected chi connectivity index (χ4v) is 3.28. The van der Waals surface area contributed by atoms with Gasteiger partial charge in [0.05, 0.1) is 34.7 Å². The highest BCUT2D eigenvalue weighted by Crippen LogP contribution is 2.30. The van der Waals surface area contributed by atoms with Crippen molar-refractivity contribution in [3.8, 4) is 6.07 Å². The van der Waals surface area contributed by atoms with E-state index in [2.05, 4.69) is 20.9 Å². The van der Waals surface area contributed by atoms with Crippen molar-refractivity contribution in [1.82, 2.24) is 9.97 Å². The van der Waals surface area contributed by atoms with Crippen molar-refractivity contribution >= 4 is 34.1 Å². The van der Waals surface area contributed by atoms with Crippen molar-refractivity contribution < 1.29 is 14.1 Å². The number of nitriles is 1. The van der Waals surface area contributed by atoms with E-state index in [1.54, 1.807) is 12.1 Å². The zero-order valence-electron chi connectivity index (χ0n) is 15.3. The van der Waals surface area contributed by atoms with Gasteiger partial charge in [0.15, 0.2) is 0 Å². The second-order valence-corrected chi connectivity index (χ2v) is 6.52. The van der Waals surface area contributed by atoms with E-state index in [0.717, 1.165) is 5.69 Å². The van der Waals surface area contributed by atoms with Gasteiger partial charge >= 0.3 is 0 Å². The largest absolute Gasteiger partial charge is 0.378 e. The third kappa shape index (κ3) is 3.79. The molecule has 1 aromatic heterocycles. The Morgan fingerprint density at radius 2 is 2.10 bits per heavy atom. The minimum absolute atomic E-state index is 0.0720. The summed E-state index contributed by atoms with van der Waals surface area (Å²) in [5, 5.41) is 20.9. The number of allylic oxidation sites excluding steroid dienone is 1. The average Bonchev–Trinajstić information content (AvgIpc) is 3.15. The third-order valence-electron chi connectivity index (χ3n) is 4.69. The van der Waals surface area contributed by atoms with E-state index in [9.17, 15) is 19.8 Å². The van der Waals surface area contributed by atoms with Crippen molar-refractivity contribution in [2.45, 2.75) is 0 Å². The van der Waals surface area contributed by atoms with Crippen LogP contribution in [0.1, 0.15) is 11.4 Å². The third-order valence-corrected chi connectivity index (χ3v) is 4.69. The number of anilines is 1. The maximum Gasteiger partial charge on any atom is 0.270 e. The number of halogens is 1. The molecule has 1 N–H and O–H groups in total. The lowest BCUT2D eigenvalue weighted by Gasteiger charge is -2.30. The quantitative estimate of drug-likeness (QED) is 0.413. The van der Waals surface area contributed by atoms with E-state index >= 15 is 0 Å². The fourth-order valence-electron chi connectivity index (χ4n) is 3.28. The molecule has 29 heavy (non-hydrogen) atoms. The van der Waals surface area contributed by atoms with Crippen LogP contribution in [0.25, 0.3) is 22.7 Å². The van der Waals surface area contributed by atoms with Crippen LogP contribution in [0.2, 0.25) is 0 Å². The Morgan fingerprint density at radius 3 is 2.83 bits per heavy atom. The molecule has 0 spiro atoms. The molecule has 0 amide bonds. The smallest absolute Gasteiger partial charge is 0.270 e. The van der Waals surface area contributed by atoms with Crippen LogP contribution in [-0.4, -0.2) is 41.2 Å². The van der Waals surface area contributed by atoms with Gasteiger partial charge in [-0.15, -0.1) is 0 Å². The van der Waals surface area contributed by atoms with Gasteiger partial charge in [-0.2, -0.15) is 5.26 Å². The Hall–Kier alpha value is -3.77. The maximum absolute atomic E-state index is 13.4. The molecule has 2 aromatic carbocycles. The van der Waals surface area contributed by atoms with Crippen LogP contribution >= 0.6 is 0 Å². The number of non-ortho nitro benzene ring substituents is 1. The molecule has 1 aliphatic heterocycles. The number of H-pyrrole nitrogens is 1. The molecule has 0 atom stereocenters. The summed E-state index contributed by atoms with van der Waals surface area (Å²) in [6.45, 7) is 2.40. The number of ether oxygens (including phenoxy) is 1. The number of nitrogens with zero attached hydrogens (tertiary/aromatic N) is 4. The number of rotatable bonds is 4. The number of fused-ring (bicyclic) bond motifs is 1. The summed E-state index contributed by atoms with van der Waals surface area (Å²) in [6, 6.07) is 10.7. The van der Waals surface area contributed by atoms with Gasteiger partial charge in [-0.1, -0.05) is 0 Å². The van der Waals surface area contributed by atoms with Crippen LogP contribution < -0.4 is 4.90 Å². The first-order chi connectivity index (χ1) is 14.0. The zero-order valence-corrected chi connectivity index (χ0v) is 15.3. The summed E-state index contributed by atoms with van der Waals surface area (Å²) in [5.74, 6) is -0.143. The molecule has 1 aliphatic rings. The lowest BCUT2D eigenvalue weighted by atomic mass is 10.1. The molecule has 0 unspecified atom stereocenters. The minimum Gasteiger partial charge on any atom is -0.378 e. The molecule has 0 saturated carbocycles. The number of aromatic nitrogens is 2. The summed E-state index contributed by atoms with van der Waals surface area (Å²) >= 11 is 0. The Labute approximate surface area is 165 Å². The number of hydrogen-bond acceptors (Lipinski definition) is 6. The minimum atomic E-state index is -0.476. The first-order valence-electron chi connectivity index (χ1n) is 8.94. The van der Waals surface area contributed by atoms with E-state index in [-0.39, 0.29) is 17.1 Å². The Morgan fingerprint density at radius 1 is 1.31 bits per heavy atom. The molecule has 0 radical (unpaired) electrons. The lowest BCUT2D eigenvalue weighted by molar-refractivity contribution is -0.384. The molecule has 8 nitrogen and oxygen atoms in total. The van der Waals surface area contributed by atoms with Crippen molar-refractivity contribution in [1.29, 1.82) is 5.26 Å². The van der Waals surface area contributed by atoms with Gasteiger partial charge < -0.3 is 14.6 Å². The standard InChI is InChI=1S/C20H16FN5O3/c21-15-1-3-17-18(11-15)24-20(23-17)14(12-22)9-13-10-16(26(27)28)2-4-19(13)25-5-7-29-8-6-25/h1-4,9-11H,5-8H2,(H,23,24)/b14-9+. The van der Waals surface area contributed by atoms with Crippen LogP contribution in [0, 0.1) is 27.3 Å². The number of nitro benzene ring substituents is 1. The highest BCUT2D eigenvalue weighted by molar-refractivity contribution is 5.92. The predicted molar refractivity (Wildman–Crippen MR) is 106 cm³/mol. The Kier molecular flexibility index (Phi) is 4.93. The summed E-state index contributed by atoms with van der Waals surface area (Å²) in [5.41, 5.74) is 2.41. The monoisotopic (exact) mass is 393 g/mol. The Bertz CT molecular complexity index is 1160. The van der Waals surface area contributed by atoms with Crippen molar-refractivity contribution in [3.63, 3.8) is 0 Å². The van der Waals surface area contributed by atoms with Gasteiger partial charge in [0, 0.05) is 36.5 Å². The lowest BCUT2D eigenvalue weighted by Crippen LogP contribution is -2.36. The molecule has 9 heteroatoms. The SMILES string of the molecule is N#C/C(=C\c1cc([N+](=O)[O-])ccc1N1CCOCC1)c1nc2ccc(F)cc2[nH]1. The maximum atomic E-state index is 13.4. The number of morpholine rings is 1. The van der Waals surface area contributed by atoms with E-state index in [0.29, 0.717) is 42.9 Å². The van der Waals surface area contributed by atoms with Crippen LogP contribution in [0.3, 0.4) is 0 Å². The Balaban J connectivity index is 1.81. The second kappa shape index (κ2) is 7.69. The van der Waals surface area contributed by atoms with Crippen LogP contribution in [0.4, 0.5) is 15.8 Å². The summed E-state index contributed by atoms with van der Waals surface area (Å²) in [7, 11) is 0. The van der Waals surface area contributed by atoms with Crippen molar-refractivity contribution in [2.24, 2.45) is 0 Å². The molecule has 1 fully saturated rings. The molecule has 3 aromatic rings. The molecule has 2 heterocycles. The van der Waals surface area contributed by atoms with Gasteiger partial charge in [0.2, 0.25) is 0 Å². The van der Waals surface area contributed by atoms with Crippen LogP contribution in [0.5, 0.6) is 0 Å². The van der Waals surface area contributed by atoms with Crippen LogP contribution in [0.15, 0.2) is 36.4 Å². The molecule has 0 aliphatic carbocycles. The van der Waals surface area contributed by atoms with E-state index in [1.807, 2.05) is 0 Å². The molecule has 1 saturated heterocycles. The number of imidazole rings is 1. The van der Waals surface area contributed by atoms with Gasteiger partial charge in [0.1, 0.15) is 17.7 Å². The zero-order chi connectivity index (χ0) is 20.4. The van der Waals surface area contributed by atoms with Crippen molar-refractivity contribution in [2.75, 3.05) is 31.2 Å². The summed E-state index contributed by atoms with van der Waals surface area (Å²) in [4.78, 5) is 20.1. The molecular weight excluding hydrogens is 377 g/mol. The fraction of sp³-hybridized carbons (Fsp3) is 0.200.